The number of hydrogen-bond donors (Lipinski definition) is 1. The summed E-state index contributed by atoms with van der Waals surface area (Å²) in [7, 11) is 0. The third-order valence-electron chi connectivity index (χ3n) is 5.15. The molecule has 4 rings (SSSR count). The summed E-state index contributed by atoms with van der Waals surface area (Å²) in [5.41, 5.74) is 2.42. The number of hydrogen-bond acceptors (Lipinski definition) is 5. The zero-order valence-electron chi connectivity index (χ0n) is 15.5. The first kappa shape index (κ1) is 17.5. The van der Waals surface area contributed by atoms with E-state index in [2.05, 4.69) is 15.4 Å². The van der Waals surface area contributed by atoms with Crippen molar-refractivity contribution >= 4 is 18.0 Å². The number of allylic oxidation sites excluding steroid dienone is 2. The molecule has 1 atom stereocenters. The first-order valence-electron chi connectivity index (χ1n) is 9.54. The van der Waals surface area contributed by atoms with Crippen LogP contribution in [-0.4, -0.2) is 26.8 Å². The number of carbonyl (C=O) groups is 1. The average molecular weight is 364 g/mol. The molecule has 1 aliphatic heterocycles. The largest absolute Gasteiger partial charge is 0.459 e. The molecule has 0 bridgehead atoms. The van der Waals surface area contributed by atoms with Gasteiger partial charge in [-0.3, -0.25) is 0 Å². The van der Waals surface area contributed by atoms with E-state index >= 15 is 0 Å². The second-order valence-electron chi connectivity index (χ2n) is 7.07. The number of rotatable bonds is 4. The Morgan fingerprint density at radius 3 is 2.78 bits per heavy atom. The van der Waals surface area contributed by atoms with Crippen molar-refractivity contribution in [3.8, 4) is 0 Å². The highest BCUT2D eigenvalue weighted by Crippen LogP contribution is 2.32. The molecule has 6 nitrogen and oxygen atoms in total. The van der Waals surface area contributed by atoms with Crippen LogP contribution in [0.5, 0.6) is 0 Å². The molecule has 1 aliphatic carbocycles. The molecule has 1 saturated carbocycles. The fraction of sp³-hybridized carbons (Fsp3) is 0.381. The number of carbonyl (C=O) groups excluding carboxylic acids is 1. The predicted octanol–water partition coefficient (Wildman–Crippen LogP) is 4.11. The minimum Gasteiger partial charge on any atom is -0.459 e. The highest BCUT2D eigenvalue weighted by atomic mass is 16.5. The predicted molar refractivity (Wildman–Crippen MR) is 104 cm³/mol. The smallest absolute Gasteiger partial charge is 0.338 e. The summed E-state index contributed by atoms with van der Waals surface area (Å²) >= 11 is 0. The number of nitrogens with zero attached hydrogens (tertiary/aromatic N) is 3. The van der Waals surface area contributed by atoms with E-state index in [9.17, 15) is 4.79 Å². The molecule has 0 amide bonds. The first-order chi connectivity index (χ1) is 13.2. The van der Waals surface area contributed by atoms with Gasteiger partial charge in [0, 0.05) is 5.70 Å². The molecule has 1 aromatic carbocycles. The lowest BCUT2D eigenvalue weighted by atomic mass is 9.97. The van der Waals surface area contributed by atoms with Crippen molar-refractivity contribution in [2.24, 2.45) is 0 Å². The van der Waals surface area contributed by atoms with Crippen molar-refractivity contribution in [3.05, 3.63) is 59.6 Å². The summed E-state index contributed by atoms with van der Waals surface area (Å²) in [6, 6.07) is 9.66. The minimum absolute atomic E-state index is 0.0162. The molecule has 1 N–H and O–H groups in total. The fourth-order valence-corrected chi connectivity index (χ4v) is 3.74. The normalized spacial score (nSPS) is 20.4. The van der Waals surface area contributed by atoms with Gasteiger partial charge in [0.1, 0.15) is 18.5 Å². The van der Waals surface area contributed by atoms with Crippen molar-refractivity contribution in [2.45, 2.75) is 51.2 Å². The Bertz CT molecular complexity index is 863. The van der Waals surface area contributed by atoms with Crippen molar-refractivity contribution in [1.29, 1.82) is 0 Å². The van der Waals surface area contributed by atoms with Crippen LogP contribution in [0.4, 0.5) is 5.95 Å². The zero-order valence-corrected chi connectivity index (χ0v) is 15.5. The van der Waals surface area contributed by atoms with Gasteiger partial charge < -0.3 is 10.1 Å². The molecule has 1 fully saturated rings. The van der Waals surface area contributed by atoms with Gasteiger partial charge in [-0.25, -0.2) is 9.48 Å². The van der Waals surface area contributed by atoms with Crippen LogP contribution in [0.25, 0.3) is 6.08 Å². The van der Waals surface area contributed by atoms with Gasteiger partial charge in [-0.05, 0) is 38.2 Å². The molecule has 2 aromatic rings. The highest BCUT2D eigenvalue weighted by molar-refractivity contribution is 5.92. The Morgan fingerprint density at radius 2 is 2.00 bits per heavy atom. The van der Waals surface area contributed by atoms with Crippen molar-refractivity contribution in [2.75, 3.05) is 5.32 Å². The Morgan fingerprint density at radius 1 is 1.22 bits per heavy atom. The van der Waals surface area contributed by atoms with Gasteiger partial charge in [0.25, 0.3) is 0 Å². The van der Waals surface area contributed by atoms with Crippen LogP contribution in [0, 0.1) is 0 Å². The molecular formula is C21H24N4O2. The Kier molecular flexibility index (Phi) is 5.05. The SMILES string of the molecule is CC1=C(C(=O)OC2CCCCC2)C(/C=C/c2ccccc2)n2ncnc2N1. The third-order valence-corrected chi connectivity index (χ3v) is 5.15. The second-order valence-corrected chi connectivity index (χ2v) is 7.07. The number of fused-ring (bicyclic) bond motifs is 1. The van der Waals surface area contributed by atoms with Gasteiger partial charge in [0.05, 0.1) is 5.57 Å². The van der Waals surface area contributed by atoms with E-state index in [0.717, 1.165) is 36.9 Å². The average Bonchev–Trinajstić information content (AvgIpc) is 3.15. The third kappa shape index (κ3) is 3.79. The molecule has 27 heavy (non-hydrogen) atoms. The van der Waals surface area contributed by atoms with E-state index in [1.807, 2.05) is 49.4 Å². The van der Waals surface area contributed by atoms with Crippen LogP contribution < -0.4 is 5.32 Å². The number of ether oxygens (including phenoxy) is 1. The number of esters is 1. The van der Waals surface area contributed by atoms with Crippen LogP contribution in [0.2, 0.25) is 0 Å². The van der Waals surface area contributed by atoms with Crippen molar-refractivity contribution < 1.29 is 9.53 Å². The number of anilines is 1. The van der Waals surface area contributed by atoms with E-state index in [1.54, 1.807) is 4.68 Å². The summed E-state index contributed by atoms with van der Waals surface area (Å²) in [4.78, 5) is 17.3. The highest BCUT2D eigenvalue weighted by Gasteiger charge is 2.32. The number of benzene rings is 1. The maximum absolute atomic E-state index is 13.0. The lowest BCUT2D eigenvalue weighted by Crippen LogP contribution is -2.30. The standard InChI is InChI=1S/C21H24N4O2/c1-15-19(20(26)27-17-10-6-3-7-11-17)18(25-21(24-15)22-14-23-25)13-12-16-8-4-2-5-9-16/h2,4-5,8-9,12-14,17-18H,3,6-7,10-11H2,1H3,(H,22,23,24)/b13-12+. The molecule has 2 heterocycles. The van der Waals surface area contributed by atoms with E-state index in [0.29, 0.717) is 11.5 Å². The summed E-state index contributed by atoms with van der Waals surface area (Å²) < 4.78 is 7.57. The summed E-state index contributed by atoms with van der Waals surface area (Å²) in [6.45, 7) is 1.89. The van der Waals surface area contributed by atoms with Crippen LogP contribution >= 0.6 is 0 Å². The molecule has 0 spiro atoms. The second kappa shape index (κ2) is 7.78. The summed E-state index contributed by atoms with van der Waals surface area (Å²) in [5, 5.41) is 7.48. The lowest BCUT2D eigenvalue weighted by Gasteiger charge is -2.28. The molecule has 140 valence electrons. The molecular weight excluding hydrogens is 340 g/mol. The van der Waals surface area contributed by atoms with Gasteiger partial charge in [0.15, 0.2) is 0 Å². The van der Waals surface area contributed by atoms with Crippen molar-refractivity contribution in [3.63, 3.8) is 0 Å². The van der Waals surface area contributed by atoms with Crippen LogP contribution in [0.3, 0.4) is 0 Å². The monoisotopic (exact) mass is 364 g/mol. The quantitative estimate of drug-likeness (QED) is 0.827. The number of aromatic nitrogens is 3. The van der Waals surface area contributed by atoms with Crippen molar-refractivity contribution in [1.82, 2.24) is 14.8 Å². The summed E-state index contributed by atoms with van der Waals surface area (Å²) in [6.07, 6.45) is 10.9. The zero-order chi connectivity index (χ0) is 18.6. The van der Waals surface area contributed by atoms with Gasteiger partial charge in [-0.15, -0.1) is 0 Å². The summed E-state index contributed by atoms with van der Waals surface area (Å²) in [5.74, 6) is 0.361. The van der Waals surface area contributed by atoms with Crippen LogP contribution in [0.1, 0.15) is 50.6 Å². The maximum Gasteiger partial charge on any atom is 0.338 e. The molecule has 1 unspecified atom stereocenters. The van der Waals surface area contributed by atoms with Gasteiger partial charge in [-0.2, -0.15) is 10.1 Å². The lowest BCUT2D eigenvalue weighted by molar-refractivity contribution is -0.146. The Balaban J connectivity index is 1.62. The topological polar surface area (TPSA) is 69.0 Å². The van der Waals surface area contributed by atoms with Gasteiger partial charge in [0.2, 0.25) is 5.95 Å². The van der Waals surface area contributed by atoms with Gasteiger partial charge >= 0.3 is 5.97 Å². The van der Waals surface area contributed by atoms with Crippen LogP contribution in [-0.2, 0) is 9.53 Å². The Labute approximate surface area is 158 Å². The van der Waals surface area contributed by atoms with E-state index in [1.165, 1.54) is 12.7 Å². The first-order valence-corrected chi connectivity index (χ1v) is 9.54. The molecule has 6 heteroatoms. The number of nitrogens with one attached hydrogen (secondary N) is 1. The van der Waals surface area contributed by atoms with E-state index in [4.69, 9.17) is 4.74 Å². The van der Waals surface area contributed by atoms with Crippen LogP contribution in [0.15, 0.2) is 54.0 Å². The molecule has 0 saturated heterocycles. The molecule has 1 aromatic heterocycles. The van der Waals surface area contributed by atoms with E-state index < -0.39 is 0 Å². The minimum atomic E-state index is -0.347. The van der Waals surface area contributed by atoms with E-state index in [-0.39, 0.29) is 18.1 Å². The maximum atomic E-state index is 13.0. The Hall–Kier alpha value is -2.89. The molecule has 0 radical (unpaired) electrons. The van der Waals surface area contributed by atoms with Gasteiger partial charge in [-0.1, -0.05) is 48.9 Å². The molecule has 2 aliphatic rings. The fourth-order valence-electron chi connectivity index (χ4n) is 3.74.